The summed E-state index contributed by atoms with van der Waals surface area (Å²) < 4.78 is 46.7. The van der Waals surface area contributed by atoms with Crippen molar-refractivity contribution in [3.63, 3.8) is 0 Å². The minimum absolute atomic E-state index is 0.353. The third kappa shape index (κ3) is 4.35. The second-order valence-corrected chi connectivity index (χ2v) is 8.94. The normalized spacial score (nSPS) is 19.5. The van der Waals surface area contributed by atoms with Crippen LogP contribution in [0.25, 0.3) is 10.9 Å². The molecule has 3 aromatic rings. The maximum atomic E-state index is 13.7. The van der Waals surface area contributed by atoms with Gasteiger partial charge in [-0.05, 0) is 55.9 Å². The molecule has 2 aromatic carbocycles. The minimum Gasteiger partial charge on any atom is -0.497 e. The molecule has 5 nitrogen and oxygen atoms in total. The molecule has 0 aliphatic carbocycles. The maximum Gasteiger partial charge on any atom is 0.294 e. The Bertz CT molecular complexity index is 1040. The molecule has 0 amide bonds. The SMILES string of the molecule is COc1ccc2c(CCN(C)C)cn(P3OCCC(c4ccc(F)c(F)c4)O3)c2c1. The molecule has 0 saturated carbocycles. The summed E-state index contributed by atoms with van der Waals surface area (Å²) in [6.45, 7) is 1.40. The van der Waals surface area contributed by atoms with Gasteiger partial charge in [-0.1, -0.05) is 6.07 Å². The first kappa shape index (κ1) is 21.2. The van der Waals surface area contributed by atoms with E-state index >= 15 is 0 Å². The zero-order valence-electron chi connectivity index (χ0n) is 17.3. The van der Waals surface area contributed by atoms with Crippen molar-refractivity contribution in [1.82, 2.24) is 9.24 Å². The van der Waals surface area contributed by atoms with Gasteiger partial charge < -0.3 is 18.7 Å². The maximum absolute atomic E-state index is 13.7. The van der Waals surface area contributed by atoms with Gasteiger partial charge >= 0.3 is 0 Å². The standard InChI is InChI=1S/C22H25F2N2O3P/c1-25(2)10-8-16-14-26(21-13-17(27-3)5-6-18(16)21)30-28-11-9-22(29-30)15-4-7-19(23)20(24)12-15/h4-7,12-14,22H,8-11H2,1-3H3. The highest BCUT2D eigenvalue weighted by molar-refractivity contribution is 7.45. The Balaban J connectivity index is 1.67. The lowest BCUT2D eigenvalue weighted by Crippen LogP contribution is -2.15. The lowest BCUT2D eigenvalue weighted by atomic mass is 10.1. The zero-order valence-corrected chi connectivity index (χ0v) is 18.2. The number of fused-ring (bicyclic) bond motifs is 1. The molecule has 160 valence electrons. The van der Waals surface area contributed by atoms with Gasteiger partial charge in [-0.3, -0.25) is 4.34 Å². The molecule has 0 bridgehead atoms. The first-order chi connectivity index (χ1) is 14.5. The van der Waals surface area contributed by atoms with E-state index in [1.54, 1.807) is 13.2 Å². The molecule has 2 heterocycles. The number of halogens is 2. The number of ether oxygens (including phenoxy) is 1. The van der Waals surface area contributed by atoms with Crippen molar-refractivity contribution in [2.45, 2.75) is 18.9 Å². The largest absolute Gasteiger partial charge is 0.497 e. The molecule has 0 N–H and O–H groups in total. The van der Waals surface area contributed by atoms with Gasteiger partial charge in [0.15, 0.2) is 11.6 Å². The molecular formula is C22H25F2N2O3P. The molecule has 2 atom stereocenters. The van der Waals surface area contributed by atoms with E-state index in [0.29, 0.717) is 18.6 Å². The fourth-order valence-electron chi connectivity index (χ4n) is 3.55. The summed E-state index contributed by atoms with van der Waals surface area (Å²) in [5.74, 6) is -0.971. The van der Waals surface area contributed by atoms with E-state index in [-0.39, 0.29) is 6.10 Å². The Morgan fingerprint density at radius 3 is 2.73 bits per heavy atom. The van der Waals surface area contributed by atoms with Crippen LogP contribution in [0.2, 0.25) is 0 Å². The van der Waals surface area contributed by atoms with E-state index in [2.05, 4.69) is 17.2 Å². The fraction of sp³-hybridized carbons (Fsp3) is 0.364. The molecule has 30 heavy (non-hydrogen) atoms. The quantitative estimate of drug-likeness (QED) is 0.495. The molecule has 0 spiro atoms. The number of benzene rings is 2. The minimum atomic E-state index is -1.44. The van der Waals surface area contributed by atoms with Gasteiger partial charge in [0.05, 0.1) is 25.3 Å². The molecule has 1 aliphatic rings. The molecule has 1 aromatic heterocycles. The molecule has 0 radical (unpaired) electrons. The van der Waals surface area contributed by atoms with E-state index in [9.17, 15) is 8.78 Å². The van der Waals surface area contributed by atoms with Crippen LogP contribution in [0.3, 0.4) is 0 Å². The van der Waals surface area contributed by atoms with Crippen molar-refractivity contribution in [3.05, 3.63) is 65.4 Å². The van der Waals surface area contributed by atoms with Crippen LogP contribution >= 0.6 is 8.53 Å². The Labute approximate surface area is 176 Å². The van der Waals surface area contributed by atoms with E-state index in [0.717, 1.165) is 35.7 Å². The number of hydrogen-bond acceptors (Lipinski definition) is 4. The first-order valence-electron chi connectivity index (χ1n) is 9.84. The Kier molecular flexibility index (Phi) is 6.34. The van der Waals surface area contributed by atoms with E-state index in [1.165, 1.54) is 11.6 Å². The molecule has 1 fully saturated rings. The highest BCUT2D eigenvalue weighted by Crippen LogP contribution is 2.52. The van der Waals surface area contributed by atoms with Crippen LogP contribution in [-0.2, 0) is 15.5 Å². The topological polar surface area (TPSA) is 35.9 Å². The average Bonchev–Trinajstić information content (AvgIpc) is 3.12. The van der Waals surface area contributed by atoms with E-state index in [4.69, 9.17) is 13.8 Å². The molecule has 2 unspecified atom stereocenters. The Morgan fingerprint density at radius 2 is 2.00 bits per heavy atom. The summed E-state index contributed by atoms with van der Waals surface area (Å²) in [6, 6.07) is 9.90. The summed E-state index contributed by atoms with van der Waals surface area (Å²) >= 11 is 0. The van der Waals surface area contributed by atoms with Crippen molar-refractivity contribution in [3.8, 4) is 5.75 Å². The smallest absolute Gasteiger partial charge is 0.294 e. The fourth-order valence-corrected chi connectivity index (χ4v) is 5.12. The van der Waals surface area contributed by atoms with Crippen LogP contribution in [-0.4, -0.2) is 43.6 Å². The van der Waals surface area contributed by atoms with Crippen LogP contribution in [0, 0.1) is 11.6 Å². The van der Waals surface area contributed by atoms with E-state index < -0.39 is 20.2 Å². The Morgan fingerprint density at radius 1 is 1.17 bits per heavy atom. The van der Waals surface area contributed by atoms with Gasteiger partial charge in [0.1, 0.15) is 5.75 Å². The van der Waals surface area contributed by atoms with Crippen molar-refractivity contribution < 1.29 is 22.6 Å². The number of methoxy groups -OCH3 is 1. The number of hydrogen-bond donors (Lipinski definition) is 0. The molecule has 8 heteroatoms. The van der Waals surface area contributed by atoms with Crippen LogP contribution in [0.4, 0.5) is 8.78 Å². The lowest BCUT2D eigenvalue weighted by molar-refractivity contribution is 0.105. The number of nitrogens with zero attached hydrogens (tertiary/aromatic N) is 2. The summed E-state index contributed by atoms with van der Waals surface area (Å²) in [5.41, 5.74) is 2.79. The second-order valence-electron chi connectivity index (χ2n) is 7.56. The van der Waals surface area contributed by atoms with Gasteiger partial charge in [0, 0.05) is 30.6 Å². The van der Waals surface area contributed by atoms with Crippen molar-refractivity contribution in [2.24, 2.45) is 0 Å². The summed E-state index contributed by atoms with van der Waals surface area (Å²) in [6.07, 6.45) is 3.19. The molecule has 4 rings (SSSR count). The van der Waals surface area contributed by atoms with Crippen LogP contribution in [0.1, 0.15) is 23.7 Å². The third-order valence-electron chi connectivity index (χ3n) is 5.19. The van der Waals surface area contributed by atoms with Crippen LogP contribution < -0.4 is 4.74 Å². The van der Waals surface area contributed by atoms with Crippen molar-refractivity contribution in [1.29, 1.82) is 0 Å². The van der Waals surface area contributed by atoms with Gasteiger partial charge in [0.2, 0.25) is 0 Å². The summed E-state index contributed by atoms with van der Waals surface area (Å²) in [7, 11) is 4.30. The van der Waals surface area contributed by atoms with Crippen molar-refractivity contribution in [2.75, 3.05) is 34.4 Å². The van der Waals surface area contributed by atoms with Crippen LogP contribution in [0.15, 0.2) is 42.6 Å². The highest BCUT2D eigenvalue weighted by atomic mass is 31.2. The monoisotopic (exact) mass is 434 g/mol. The van der Waals surface area contributed by atoms with Gasteiger partial charge in [-0.25, -0.2) is 8.78 Å². The predicted octanol–water partition coefficient (Wildman–Crippen LogP) is 5.29. The molecular weight excluding hydrogens is 409 g/mol. The third-order valence-corrected chi connectivity index (χ3v) is 6.72. The van der Waals surface area contributed by atoms with Gasteiger partial charge in [-0.2, -0.15) is 0 Å². The molecule has 1 saturated heterocycles. The zero-order chi connectivity index (χ0) is 21.3. The first-order valence-corrected chi connectivity index (χ1v) is 11.0. The predicted molar refractivity (Wildman–Crippen MR) is 114 cm³/mol. The van der Waals surface area contributed by atoms with Gasteiger partial charge in [-0.15, -0.1) is 0 Å². The number of rotatable bonds is 6. The van der Waals surface area contributed by atoms with Gasteiger partial charge in [0.25, 0.3) is 8.53 Å². The summed E-state index contributed by atoms with van der Waals surface area (Å²) in [5, 5.41) is 1.13. The van der Waals surface area contributed by atoms with Crippen LogP contribution in [0.5, 0.6) is 5.75 Å². The second kappa shape index (κ2) is 8.98. The van der Waals surface area contributed by atoms with E-state index in [1.807, 2.05) is 30.6 Å². The van der Waals surface area contributed by atoms with Crippen molar-refractivity contribution >= 4 is 19.4 Å². The highest BCUT2D eigenvalue weighted by Gasteiger charge is 2.29. The number of aromatic nitrogens is 1. The summed E-state index contributed by atoms with van der Waals surface area (Å²) in [4.78, 5) is 2.14. The average molecular weight is 434 g/mol. The Hall–Kier alpha value is -2.05. The lowest BCUT2D eigenvalue weighted by Gasteiger charge is -2.30. The molecule has 1 aliphatic heterocycles. The number of likely N-dealkylation sites (N-methyl/N-ethyl adjacent to an activating group) is 1.